The minimum Gasteiger partial charge on any atom is -0.445 e. The van der Waals surface area contributed by atoms with Crippen LogP contribution in [0.1, 0.15) is 20.8 Å². The second kappa shape index (κ2) is 6.18. The Bertz CT molecular complexity index is 223. The number of nitrogens with one attached hydrogen (secondary N) is 1. The van der Waals surface area contributed by atoms with Gasteiger partial charge in [0.05, 0.1) is 6.04 Å². The van der Waals surface area contributed by atoms with Crippen LogP contribution in [-0.2, 0) is 9.53 Å². The Morgan fingerprint density at radius 2 is 2.07 bits per heavy atom. The zero-order chi connectivity index (χ0) is 11.1. The minimum absolute atomic E-state index is 0.0591. The summed E-state index contributed by atoms with van der Waals surface area (Å²) < 4.78 is 4.70. The van der Waals surface area contributed by atoms with Crippen LogP contribution < -0.4 is 5.32 Å². The molecule has 0 aromatic heterocycles. The van der Waals surface area contributed by atoms with E-state index in [1.807, 2.05) is 13.8 Å². The van der Waals surface area contributed by atoms with Crippen molar-refractivity contribution in [2.75, 3.05) is 6.61 Å². The molecule has 0 aliphatic rings. The maximum atomic E-state index is 11.1. The fourth-order valence-corrected chi connectivity index (χ4v) is 1.04. The van der Waals surface area contributed by atoms with Gasteiger partial charge in [0.25, 0.3) is 0 Å². The number of hydrogen-bond acceptors (Lipinski definition) is 3. The normalized spacial score (nSPS) is 12.0. The first-order valence-corrected chi connectivity index (χ1v) is 4.53. The first-order valence-electron chi connectivity index (χ1n) is 4.53. The molecule has 1 N–H and O–H groups in total. The Balaban J connectivity index is 4.09. The summed E-state index contributed by atoms with van der Waals surface area (Å²) in [5, 5.41) is 2.49. The Hall–Kier alpha value is -1.32. The largest absolute Gasteiger partial charge is 0.445 e. The molecule has 4 heteroatoms. The van der Waals surface area contributed by atoms with E-state index in [2.05, 4.69) is 11.9 Å². The number of amides is 1. The third-order valence-electron chi connectivity index (χ3n) is 1.71. The number of carbonyl (C=O) groups is 2. The van der Waals surface area contributed by atoms with Gasteiger partial charge in [-0.2, -0.15) is 0 Å². The summed E-state index contributed by atoms with van der Waals surface area (Å²) in [4.78, 5) is 22.2. The molecule has 0 aliphatic carbocycles. The van der Waals surface area contributed by atoms with Crippen molar-refractivity contribution in [3.8, 4) is 0 Å². The molecule has 0 saturated heterocycles. The highest BCUT2D eigenvalue weighted by molar-refractivity contribution is 5.85. The maximum Gasteiger partial charge on any atom is 0.408 e. The lowest BCUT2D eigenvalue weighted by atomic mass is 10.0. The van der Waals surface area contributed by atoms with Crippen LogP contribution in [0, 0.1) is 5.92 Å². The van der Waals surface area contributed by atoms with Crippen molar-refractivity contribution >= 4 is 11.9 Å². The molecule has 1 atom stereocenters. The van der Waals surface area contributed by atoms with Crippen LogP contribution in [-0.4, -0.2) is 24.5 Å². The Labute approximate surface area is 84.3 Å². The second-order valence-electron chi connectivity index (χ2n) is 3.36. The summed E-state index contributed by atoms with van der Waals surface area (Å²) in [6.45, 7) is 8.72. The van der Waals surface area contributed by atoms with Gasteiger partial charge in [0.15, 0.2) is 5.78 Å². The molecule has 14 heavy (non-hydrogen) atoms. The lowest BCUT2D eigenvalue weighted by Gasteiger charge is -2.18. The third-order valence-corrected chi connectivity index (χ3v) is 1.71. The van der Waals surface area contributed by atoms with Gasteiger partial charge in [-0.25, -0.2) is 4.79 Å². The van der Waals surface area contributed by atoms with Gasteiger partial charge in [0.1, 0.15) is 6.61 Å². The van der Waals surface area contributed by atoms with Gasteiger partial charge < -0.3 is 10.1 Å². The van der Waals surface area contributed by atoms with Crippen molar-refractivity contribution in [1.82, 2.24) is 5.32 Å². The summed E-state index contributed by atoms with van der Waals surface area (Å²) in [7, 11) is 0. The monoisotopic (exact) mass is 199 g/mol. The molecule has 4 nitrogen and oxygen atoms in total. The molecule has 0 bridgehead atoms. The van der Waals surface area contributed by atoms with Gasteiger partial charge in [0, 0.05) is 0 Å². The van der Waals surface area contributed by atoms with Gasteiger partial charge in [0.2, 0.25) is 0 Å². The standard InChI is InChI=1S/C10H17NO3/c1-5-6-14-10(13)11-9(7(2)3)8(4)12/h5,7,9H,1,6H2,2-4H3,(H,11,13)/t9-/m0/s1. The van der Waals surface area contributed by atoms with E-state index < -0.39 is 12.1 Å². The van der Waals surface area contributed by atoms with Crippen molar-refractivity contribution in [1.29, 1.82) is 0 Å². The van der Waals surface area contributed by atoms with E-state index >= 15 is 0 Å². The molecule has 0 fully saturated rings. The van der Waals surface area contributed by atoms with Crippen LogP contribution in [0.2, 0.25) is 0 Å². The van der Waals surface area contributed by atoms with Crippen LogP contribution in [0.25, 0.3) is 0 Å². The van der Waals surface area contributed by atoms with Crippen molar-refractivity contribution in [3.63, 3.8) is 0 Å². The molecule has 80 valence electrons. The van der Waals surface area contributed by atoms with Crippen LogP contribution in [0.15, 0.2) is 12.7 Å². The quantitative estimate of drug-likeness (QED) is 0.683. The van der Waals surface area contributed by atoms with Crippen molar-refractivity contribution < 1.29 is 14.3 Å². The second-order valence-corrected chi connectivity index (χ2v) is 3.36. The molecule has 0 radical (unpaired) electrons. The van der Waals surface area contributed by atoms with Gasteiger partial charge in [-0.15, -0.1) is 0 Å². The predicted molar refractivity (Wildman–Crippen MR) is 54.0 cm³/mol. The van der Waals surface area contributed by atoms with Crippen LogP contribution in [0.3, 0.4) is 0 Å². The van der Waals surface area contributed by atoms with E-state index in [0.717, 1.165) is 0 Å². The average molecular weight is 199 g/mol. The molecular weight excluding hydrogens is 182 g/mol. The number of ketones is 1. The lowest BCUT2D eigenvalue weighted by Crippen LogP contribution is -2.43. The van der Waals surface area contributed by atoms with Crippen molar-refractivity contribution in [3.05, 3.63) is 12.7 Å². The van der Waals surface area contributed by atoms with Gasteiger partial charge in [-0.05, 0) is 12.8 Å². The molecule has 0 aliphatic heterocycles. The van der Waals surface area contributed by atoms with E-state index in [9.17, 15) is 9.59 Å². The fourth-order valence-electron chi connectivity index (χ4n) is 1.04. The fraction of sp³-hybridized carbons (Fsp3) is 0.600. The van der Waals surface area contributed by atoms with Crippen LogP contribution in [0.5, 0.6) is 0 Å². The van der Waals surface area contributed by atoms with E-state index in [0.29, 0.717) is 0 Å². The maximum absolute atomic E-state index is 11.1. The Morgan fingerprint density at radius 3 is 2.43 bits per heavy atom. The number of hydrogen-bond donors (Lipinski definition) is 1. The first kappa shape index (κ1) is 12.7. The molecule has 0 aromatic carbocycles. The summed E-state index contributed by atoms with van der Waals surface area (Å²) in [5.41, 5.74) is 0. The SMILES string of the molecule is C=CCOC(=O)N[C@H](C(C)=O)C(C)C. The first-order chi connectivity index (χ1) is 6.49. The van der Waals surface area contributed by atoms with Crippen molar-refractivity contribution in [2.24, 2.45) is 5.92 Å². The van der Waals surface area contributed by atoms with Gasteiger partial charge in [-0.3, -0.25) is 4.79 Å². The minimum atomic E-state index is -0.584. The molecule has 0 heterocycles. The van der Waals surface area contributed by atoms with Gasteiger partial charge in [-0.1, -0.05) is 26.5 Å². The Morgan fingerprint density at radius 1 is 1.50 bits per heavy atom. The zero-order valence-corrected chi connectivity index (χ0v) is 8.87. The highest BCUT2D eigenvalue weighted by Gasteiger charge is 2.20. The van der Waals surface area contributed by atoms with Crippen LogP contribution in [0.4, 0.5) is 4.79 Å². The van der Waals surface area contributed by atoms with E-state index in [1.54, 1.807) is 0 Å². The number of rotatable bonds is 5. The molecule has 0 spiro atoms. The van der Waals surface area contributed by atoms with E-state index in [-0.39, 0.29) is 18.3 Å². The molecule has 0 unspecified atom stereocenters. The summed E-state index contributed by atoms with van der Waals surface area (Å²) in [6, 6.07) is -0.479. The smallest absolute Gasteiger partial charge is 0.408 e. The molecule has 0 rings (SSSR count). The van der Waals surface area contributed by atoms with Crippen molar-refractivity contribution in [2.45, 2.75) is 26.8 Å². The summed E-state index contributed by atoms with van der Waals surface area (Å²) in [6.07, 6.45) is 0.886. The number of Topliss-reactive ketones (excluding diaryl/α,β-unsaturated/α-hetero) is 1. The van der Waals surface area contributed by atoms with E-state index in [1.165, 1.54) is 13.0 Å². The highest BCUT2D eigenvalue weighted by Crippen LogP contribution is 2.02. The summed E-state index contributed by atoms with van der Waals surface area (Å²) >= 11 is 0. The highest BCUT2D eigenvalue weighted by atomic mass is 16.5. The lowest BCUT2D eigenvalue weighted by molar-refractivity contribution is -0.119. The Kier molecular flexibility index (Phi) is 5.60. The topological polar surface area (TPSA) is 55.4 Å². The molecule has 0 aromatic rings. The predicted octanol–water partition coefficient (Wildman–Crippen LogP) is 1.51. The van der Waals surface area contributed by atoms with E-state index in [4.69, 9.17) is 4.74 Å². The van der Waals surface area contributed by atoms with Crippen LogP contribution >= 0.6 is 0 Å². The van der Waals surface area contributed by atoms with Gasteiger partial charge >= 0.3 is 6.09 Å². The molecular formula is C10H17NO3. The molecule has 1 amide bonds. The number of carbonyl (C=O) groups excluding carboxylic acids is 2. The zero-order valence-electron chi connectivity index (χ0n) is 8.87. The third kappa shape index (κ3) is 4.64. The number of ether oxygens (including phenoxy) is 1. The molecule has 0 saturated carbocycles. The number of alkyl carbamates (subject to hydrolysis) is 1. The summed E-state index contributed by atoms with van der Waals surface area (Å²) in [5.74, 6) is -0.0145. The average Bonchev–Trinajstić information content (AvgIpc) is 2.09.